The molecule has 206 valence electrons. The molecular formula is C34H34O6. The number of fused-ring (bicyclic) bond motifs is 1. The monoisotopic (exact) mass is 538 g/mol. The third-order valence-electron chi connectivity index (χ3n) is 7.18. The van der Waals surface area contributed by atoms with Crippen LogP contribution in [0.4, 0.5) is 0 Å². The molecule has 0 N–H and O–H groups in total. The molecule has 0 aromatic heterocycles. The predicted octanol–water partition coefficient (Wildman–Crippen LogP) is 6.21. The first-order valence-corrected chi connectivity index (χ1v) is 13.8. The average molecular weight is 539 g/mol. The fraction of sp³-hybridized carbons (Fsp3) is 0.294. The van der Waals surface area contributed by atoms with Crippen LogP contribution >= 0.6 is 0 Å². The summed E-state index contributed by atoms with van der Waals surface area (Å²) in [4.78, 5) is 0. The minimum absolute atomic E-state index is 0.353. The first kappa shape index (κ1) is 26.8. The molecule has 2 aliphatic rings. The summed E-state index contributed by atoms with van der Waals surface area (Å²) >= 11 is 0. The molecule has 6 rings (SSSR count). The summed E-state index contributed by atoms with van der Waals surface area (Å²) in [5, 5.41) is 0. The number of benzene rings is 4. The van der Waals surface area contributed by atoms with Crippen molar-refractivity contribution < 1.29 is 28.4 Å². The van der Waals surface area contributed by atoms with Crippen molar-refractivity contribution in [2.24, 2.45) is 0 Å². The Morgan fingerprint density at radius 1 is 0.525 bits per heavy atom. The van der Waals surface area contributed by atoms with E-state index in [9.17, 15) is 0 Å². The van der Waals surface area contributed by atoms with Crippen LogP contribution in [0, 0.1) is 0 Å². The number of hydrogen-bond acceptors (Lipinski definition) is 6. The van der Waals surface area contributed by atoms with Crippen molar-refractivity contribution in [2.45, 2.75) is 56.8 Å². The van der Waals surface area contributed by atoms with Crippen LogP contribution in [0.2, 0.25) is 0 Å². The van der Waals surface area contributed by atoms with E-state index < -0.39 is 30.9 Å². The quantitative estimate of drug-likeness (QED) is 0.239. The Morgan fingerprint density at radius 2 is 1.00 bits per heavy atom. The van der Waals surface area contributed by atoms with Crippen molar-refractivity contribution in [3.63, 3.8) is 0 Å². The molecule has 6 heteroatoms. The second kappa shape index (κ2) is 13.3. The highest BCUT2D eigenvalue weighted by Gasteiger charge is 2.51. The summed E-state index contributed by atoms with van der Waals surface area (Å²) in [7, 11) is 0. The van der Waals surface area contributed by atoms with Gasteiger partial charge in [-0.2, -0.15) is 0 Å². The molecule has 0 spiro atoms. The Kier molecular flexibility index (Phi) is 8.95. The Labute approximate surface area is 235 Å². The standard InChI is InChI=1S/C34H34O6/c1-5-13-25(14-6-1)21-35-31-30-29(24-38-33(40-30)28-19-11-4-12-20-28)39-34(37-23-27-17-9-3-10-18-27)32(31)36-22-26-15-7-2-8-16-26/h1-20,29-34H,21-24H2/t29?,30-,31?,32+,33?,34-/m0/s1. The van der Waals surface area contributed by atoms with Gasteiger partial charge in [0.05, 0.1) is 26.4 Å². The van der Waals surface area contributed by atoms with Crippen molar-refractivity contribution in [1.82, 2.24) is 0 Å². The van der Waals surface area contributed by atoms with E-state index >= 15 is 0 Å². The van der Waals surface area contributed by atoms with Crippen molar-refractivity contribution in [1.29, 1.82) is 0 Å². The molecule has 4 aromatic carbocycles. The fourth-order valence-corrected chi connectivity index (χ4v) is 5.11. The molecule has 6 nitrogen and oxygen atoms in total. The molecule has 2 fully saturated rings. The molecule has 2 saturated heterocycles. The number of hydrogen-bond donors (Lipinski definition) is 0. The highest BCUT2D eigenvalue weighted by atomic mass is 16.8. The minimum Gasteiger partial charge on any atom is -0.368 e. The van der Waals surface area contributed by atoms with Gasteiger partial charge in [0.2, 0.25) is 0 Å². The highest BCUT2D eigenvalue weighted by Crippen LogP contribution is 2.37. The maximum Gasteiger partial charge on any atom is 0.187 e. The van der Waals surface area contributed by atoms with Crippen LogP contribution in [0.25, 0.3) is 0 Å². The molecule has 0 aliphatic carbocycles. The van der Waals surface area contributed by atoms with Gasteiger partial charge in [-0.15, -0.1) is 0 Å². The summed E-state index contributed by atoms with van der Waals surface area (Å²) in [6.45, 7) is 1.53. The van der Waals surface area contributed by atoms with Crippen LogP contribution in [0.3, 0.4) is 0 Å². The Morgan fingerprint density at radius 3 is 1.55 bits per heavy atom. The zero-order valence-corrected chi connectivity index (χ0v) is 22.3. The van der Waals surface area contributed by atoms with E-state index in [1.165, 1.54) is 0 Å². The van der Waals surface area contributed by atoms with Gasteiger partial charge in [0, 0.05) is 5.56 Å². The molecule has 40 heavy (non-hydrogen) atoms. The van der Waals surface area contributed by atoms with Gasteiger partial charge in [-0.05, 0) is 16.7 Å². The van der Waals surface area contributed by atoms with Crippen LogP contribution in [0.15, 0.2) is 121 Å². The van der Waals surface area contributed by atoms with E-state index in [0.29, 0.717) is 26.4 Å². The normalized spacial score (nSPS) is 26.2. The topological polar surface area (TPSA) is 55.4 Å². The van der Waals surface area contributed by atoms with Gasteiger partial charge in [-0.3, -0.25) is 0 Å². The molecule has 0 amide bonds. The van der Waals surface area contributed by atoms with E-state index in [-0.39, 0.29) is 6.10 Å². The van der Waals surface area contributed by atoms with Gasteiger partial charge in [-0.1, -0.05) is 121 Å². The van der Waals surface area contributed by atoms with Crippen LogP contribution < -0.4 is 0 Å². The maximum absolute atomic E-state index is 6.64. The SMILES string of the molecule is c1ccc(COC2[C@H]3OC(c4ccccc4)OCC3O[C@H](OCc3ccccc3)[C@@H]2OCc2ccccc2)cc1. The summed E-state index contributed by atoms with van der Waals surface area (Å²) in [5.74, 6) is 0. The zero-order chi connectivity index (χ0) is 27.0. The van der Waals surface area contributed by atoms with Crippen molar-refractivity contribution in [3.8, 4) is 0 Å². The molecule has 2 aliphatic heterocycles. The van der Waals surface area contributed by atoms with Gasteiger partial charge >= 0.3 is 0 Å². The molecule has 3 unspecified atom stereocenters. The predicted molar refractivity (Wildman–Crippen MR) is 150 cm³/mol. The lowest BCUT2D eigenvalue weighted by Gasteiger charge is -2.49. The molecule has 6 atom stereocenters. The van der Waals surface area contributed by atoms with E-state index in [2.05, 4.69) is 12.1 Å². The average Bonchev–Trinajstić information content (AvgIpc) is 3.03. The molecule has 4 aromatic rings. The van der Waals surface area contributed by atoms with E-state index in [1.807, 2.05) is 109 Å². The first-order valence-electron chi connectivity index (χ1n) is 13.8. The molecule has 0 saturated carbocycles. The largest absolute Gasteiger partial charge is 0.368 e. The van der Waals surface area contributed by atoms with Crippen molar-refractivity contribution >= 4 is 0 Å². The van der Waals surface area contributed by atoms with Crippen LogP contribution in [0.1, 0.15) is 28.5 Å². The van der Waals surface area contributed by atoms with Crippen molar-refractivity contribution in [2.75, 3.05) is 6.61 Å². The lowest BCUT2D eigenvalue weighted by molar-refractivity contribution is -0.374. The lowest BCUT2D eigenvalue weighted by Crippen LogP contribution is -2.63. The third kappa shape index (κ3) is 6.67. The molecular weight excluding hydrogens is 504 g/mol. The Hall–Kier alpha value is -3.36. The van der Waals surface area contributed by atoms with Crippen LogP contribution in [-0.2, 0) is 48.2 Å². The fourth-order valence-electron chi connectivity index (χ4n) is 5.11. The summed E-state index contributed by atoms with van der Waals surface area (Å²) in [6, 6.07) is 40.2. The second-order valence-electron chi connectivity index (χ2n) is 10.0. The molecule has 2 heterocycles. The number of rotatable bonds is 10. The third-order valence-corrected chi connectivity index (χ3v) is 7.18. The Balaban J connectivity index is 1.27. The second-order valence-corrected chi connectivity index (χ2v) is 10.0. The zero-order valence-electron chi connectivity index (χ0n) is 22.3. The summed E-state index contributed by atoms with van der Waals surface area (Å²) in [5.41, 5.74) is 4.13. The smallest absolute Gasteiger partial charge is 0.187 e. The number of ether oxygens (including phenoxy) is 6. The van der Waals surface area contributed by atoms with Crippen LogP contribution in [0.5, 0.6) is 0 Å². The first-order chi connectivity index (χ1) is 19.8. The van der Waals surface area contributed by atoms with Crippen molar-refractivity contribution in [3.05, 3.63) is 144 Å². The van der Waals surface area contributed by atoms with Gasteiger partial charge in [-0.25, -0.2) is 0 Å². The Bertz CT molecular complexity index is 1290. The maximum atomic E-state index is 6.64. The van der Waals surface area contributed by atoms with E-state index in [0.717, 1.165) is 22.3 Å². The van der Waals surface area contributed by atoms with Crippen LogP contribution in [-0.4, -0.2) is 37.3 Å². The lowest BCUT2D eigenvalue weighted by atomic mass is 9.97. The van der Waals surface area contributed by atoms with E-state index in [4.69, 9.17) is 28.4 Å². The van der Waals surface area contributed by atoms with Gasteiger partial charge in [0.15, 0.2) is 12.6 Å². The summed E-state index contributed by atoms with van der Waals surface area (Å²) < 4.78 is 38.8. The van der Waals surface area contributed by atoms with Gasteiger partial charge in [0.1, 0.15) is 24.4 Å². The molecule has 0 bridgehead atoms. The highest BCUT2D eigenvalue weighted by molar-refractivity contribution is 5.18. The minimum atomic E-state index is -0.675. The van der Waals surface area contributed by atoms with E-state index in [1.54, 1.807) is 0 Å². The molecule has 0 radical (unpaired) electrons. The van der Waals surface area contributed by atoms with Gasteiger partial charge < -0.3 is 28.4 Å². The summed E-state index contributed by atoms with van der Waals surface area (Å²) in [6.07, 6.45) is -2.99. The van der Waals surface area contributed by atoms with Gasteiger partial charge in [0.25, 0.3) is 0 Å².